The van der Waals surface area contributed by atoms with Crippen LogP contribution in [0.25, 0.3) is 0 Å². The molecule has 2 unspecified atom stereocenters. The molecule has 0 radical (unpaired) electrons. The van der Waals surface area contributed by atoms with Crippen LogP contribution in [0.5, 0.6) is 0 Å². The lowest BCUT2D eigenvalue weighted by Gasteiger charge is -2.36. The molecule has 2 N–H and O–H groups in total. The van der Waals surface area contributed by atoms with Gasteiger partial charge in [-0.3, -0.25) is 9.59 Å². The highest BCUT2D eigenvalue weighted by Crippen LogP contribution is 2.45. The fourth-order valence-corrected chi connectivity index (χ4v) is 2.99. The zero-order valence-electron chi connectivity index (χ0n) is 13.2. The largest absolute Gasteiger partial charge is 0.481 e. The Morgan fingerprint density at radius 3 is 2.19 bits per heavy atom. The second-order valence-corrected chi connectivity index (χ2v) is 5.89. The van der Waals surface area contributed by atoms with E-state index in [0.717, 1.165) is 43.3 Å². The maximum absolute atomic E-state index is 11.9. The Hall–Kier alpha value is -1.58. The minimum absolute atomic E-state index is 0.659. The molecule has 4 heteroatoms. The molecule has 2 atom stereocenters. The van der Waals surface area contributed by atoms with Crippen LogP contribution in [0.4, 0.5) is 0 Å². The molecular formula is C17H26O4. The number of rotatable bonds is 8. The van der Waals surface area contributed by atoms with Gasteiger partial charge < -0.3 is 10.2 Å². The number of hydrogen-bond acceptors (Lipinski definition) is 2. The van der Waals surface area contributed by atoms with Gasteiger partial charge in [-0.05, 0) is 43.8 Å². The molecule has 1 aliphatic carbocycles. The molecule has 1 rings (SSSR count). The first kappa shape index (κ1) is 17.5. The molecule has 4 nitrogen and oxygen atoms in total. The van der Waals surface area contributed by atoms with Crippen molar-refractivity contribution in [1.29, 1.82) is 0 Å². The van der Waals surface area contributed by atoms with E-state index in [1.165, 1.54) is 0 Å². The molecule has 0 fully saturated rings. The fourth-order valence-electron chi connectivity index (χ4n) is 2.99. The average molecular weight is 294 g/mol. The minimum atomic E-state index is -1.33. The predicted molar refractivity (Wildman–Crippen MR) is 82.1 cm³/mol. The van der Waals surface area contributed by atoms with Crippen LogP contribution in [0.15, 0.2) is 23.3 Å². The van der Waals surface area contributed by atoms with Gasteiger partial charge in [-0.2, -0.15) is 0 Å². The molecule has 118 valence electrons. The molecule has 0 amide bonds. The Morgan fingerprint density at radius 2 is 1.71 bits per heavy atom. The van der Waals surface area contributed by atoms with Crippen LogP contribution in [0, 0.1) is 11.3 Å². The number of hydrogen-bond donors (Lipinski definition) is 2. The monoisotopic (exact) mass is 294 g/mol. The molecule has 0 spiro atoms. The number of carbonyl (C=O) groups is 2. The van der Waals surface area contributed by atoms with Crippen molar-refractivity contribution in [2.45, 2.75) is 59.3 Å². The van der Waals surface area contributed by atoms with Crippen molar-refractivity contribution >= 4 is 11.9 Å². The van der Waals surface area contributed by atoms with Gasteiger partial charge in [0.15, 0.2) is 0 Å². The number of allylic oxidation sites excluding steroid dienone is 2. The lowest BCUT2D eigenvalue weighted by atomic mass is 9.65. The Kier molecular flexibility index (Phi) is 6.19. The van der Waals surface area contributed by atoms with Crippen molar-refractivity contribution in [3.05, 3.63) is 23.3 Å². The Balaban J connectivity index is 3.30. The van der Waals surface area contributed by atoms with E-state index >= 15 is 0 Å². The summed E-state index contributed by atoms with van der Waals surface area (Å²) in [6.07, 6.45) is 8.73. The standard InChI is InChI=1S/C17H26O4/c1-4-6-8-12-10-11-14(15(18)19)17(3,16(20)21)13(12)9-7-5-2/h10-11,14H,4-9H2,1-3H3,(H,18,19)(H,20,21). The van der Waals surface area contributed by atoms with Crippen LogP contribution in [0.2, 0.25) is 0 Å². The topological polar surface area (TPSA) is 74.6 Å². The van der Waals surface area contributed by atoms with Gasteiger partial charge in [-0.25, -0.2) is 0 Å². The summed E-state index contributed by atoms with van der Waals surface area (Å²) >= 11 is 0. The van der Waals surface area contributed by atoms with E-state index in [1.807, 2.05) is 6.08 Å². The summed E-state index contributed by atoms with van der Waals surface area (Å²) in [5, 5.41) is 19.1. The molecular weight excluding hydrogens is 268 g/mol. The third kappa shape index (κ3) is 3.55. The molecule has 0 bridgehead atoms. The van der Waals surface area contributed by atoms with E-state index in [-0.39, 0.29) is 0 Å². The second kappa shape index (κ2) is 7.43. The summed E-state index contributed by atoms with van der Waals surface area (Å²) in [5.74, 6) is -3.11. The van der Waals surface area contributed by atoms with Crippen molar-refractivity contribution in [2.24, 2.45) is 11.3 Å². The smallest absolute Gasteiger partial charge is 0.314 e. The molecule has 0 aromatic carbocycles. The molecule has 0 heterocycles. The Bertz CT molecular complexity index is 461. The van der Waals surface area contributed by atoms with Crippen molar-refractivity contribution in [3.8, 4) is 0 Å². The van der Waals surface area contributed by atoms with E-state index in [0.29, 0.717) is 6.42 Å². The van der Waals surface area contributed by atoms with Crippen LogP contribution >= 0.6 is 0 Å². The van der Waals surface area contributed by atoms with Gasteiger partial charge in [0.25, 0.3) is 0 Å². The number of carboxylic acid groups (broad SMARTS) is 2. The predicted octanol–water partition coefficient (Wildman–Crippen LogP) is 4.02. The van der Waals surface area contributed by atoms with E-state index < -0.39 is 23.3 Å². The number of carboxylic acids is 2. The van der Waals surface area contributed by atoms with Gasteiger partial charge in [0.2, 0.25) is 0 Å². The SMILES string of the molecule is CCCCC1=C(CCCC)C(C)(C(=O)O)C(C(=O)O)C=C1. The highest BCUT2D eigenvalue weighted by molar-refractivity contribution is 5.88. The lowest BCUT2D eigenvalue weighted by molar-refractivity contribution is -0.156. The van der Waals surface area contributed by atoms with E-state index in [1.54, 1.807) is 13.0 Å². The quantitative estimate of drug-likeness (QED) is 0.709. The van der Waals surface area contributed by atoms with E-state index in [9.17, 15) is 19.8 Å². The molecule has 0 saturated carbocycles. The zero-order valence-corrected chi connectivity index (χ0v) is 13.2. The summed E-state index contributed by atoms with van der Waals surface area (Å²) in [6, 6.07) is 0. The zero-order chi connectivity index (χ0) is 16.0. The maximum atomic E-state index is 11.9. The number of unbranched alkanes of at least 4 members (excludes halogenated alkanes) is 2. The third-order valence-electron chi connectivity index (χ3n) is 4.42. The lowest BCUT2D eigenvalue weighted by Crippen LogP contribution is -2.43. The molecule has 0 aromatic heterocycles. The highest BCUT2D eigenvalue weighted by Gasteiger charge is 2.49. The third-order valence-corrected chi connectivity index (χ3v) is 4.42. The summed E-state index contributed by atoms with van der Waals surface area (Å²) in [7, 11) is 0. The first-order valence-corrected chi connectivity index (χ1v) is 7.76. The van der Waals surface area contributed by atoms with Gasteiger partial charge in [0, 0.05) is 0 Å². The van der Waals surface area contributed by atoms with Gasteiger partial charge in [0.05, 0.1) is 5.92 Å². The van der Waals surface area contributed by atoms with Crippen LogP contribution in [0.3, 0.4) is 0 Å². The van der Waals surface area contributed by atoms with Crippen molar-refractivity contribution in [3.63, 3.8) is 0 Å². The van der Waals surface area contributed by atoms with Crippen LogP contribution in [0.1, 0.15) is 59.3 Å². The summed E-state index contributed by atoms with van der Waals surface area (Å²) in [6.45, 7) is 5.71. The van der Waals surface area contributed by atoms with Gasteiger partial charge in [0.1, 0.15) is 5.41 Å². The first-order valence-electron chi connectivity index (χ1n) is 7.76. The summed E-state index contributed by atoms with van der Waals surface area (Å²) in [4.78, 5) is 23.3. The van der Waals surface area contributed by atoms with E-state index in [2.05, 4.69) is 13.8 Å². The van der Waals surface area contributed by atoms with Gasteiger partial charge in [-0.15, -0.1) is 0 Å². The average Bonchev–Trinajstić information content (AvgIpc) is 2.43. The molecule has 1 aliphatic rings. The summed E-state index contributed by atoms with van der Waals surface area (Å²) in [5.41, 5.74) is 0.492. The van der Waals surface area contributed by atoms with E-state index in [4.69, 9.17) is 0 Å². The molecule has 0 aliphatic heterocycles. The normalized spacial score (nSPS) is 25.2. The van der Waals surface area contributed by atoms with Gasteiger partial charge in [-0.1, -0.05) is 38.8 Å². The minimum Gasteiger partial charge on any atom is -0.481 e. The Morgan fingerprint density at radius 1 is 1.14 bits per heavy atom. The fraction of sp³-hybridized carbons (Fsp3) is 0.647. The molecule has 21 heavy (non-hydrogen) atoms. The van der Waals surface area contributed by atoms with Crippen molar-refractivity contribution < 1.29 is 19.8 Å². The highest BCUT2D eigenvalue weighted by atomic mass is 16.4. The first-order chi connectivity index (χ1) is 9.89. The summed E-state index contributed by atoms with van der Waals surface area (Å²) < 4.78 is 0. The number of aliphatic carboxylic acids is 2. The molecule has 0 saturated heterocycles. The maximum Gasteiger partial charge on any atom is 0.314 e. The van der Waals surface area contributed by atoms with Gasteiger partial charge >= 0.3 is 11.9 Å². The van der Waals surface area contributed by atoms with Crippen LogP contribution < -0.4 is 0 Å². The van der Waals surface area contributed by atoms with Crippen molar-refractivity contribution in [2.75, 3.05) is 0 Å². The van der Waals surface area contributed by atoms with Crippen LogP contribution in [-0.2, 0) is 9.59 Å². The Labute approximate surface area is 126 Å². The second-order valence-electron chi connectivity index (χ2n) is 5.89. The van der Waals surface area contributed by atoms with Crippen molar-refractivity contribution in [1.82, 2.24) is 0 Å². The van der Waals surface area contributed by atoms with Crippen LogP contribution in [-0.4, -0.2) is 22.2 Å². The molecule has 0 aromatic rings.